The van der Waals surface area contributed by atoms with Crippen LogP contribution in [0.1, 0.15) is 46.0 Å². The highest BCUT2D eigenvalue weighted by atomic mass is 16.2. The third-order valence-electron chi connectivity index (χ3n) is 3.43. The Bertz CT molecular complexity index is 222. The van der Waals surface area contributed by atoms with Gasteiger partial charge in [0.1, 0.15) is 0 Å². The van der Waals surface area contributed by atoms with E-state index >= 15 is 0 Å². The molecule has 0 radical (unpaired) electrons. The number of hydrogen-bond acceptors (Lipinski definition) is 2. The average Bonchev–Trinajstić information content (AvgIpc) is 2.68. The molecule has 1 rings (SSSR count). The van der Waals surface area contributed by atoms with Crippen molar-refractivity contribution in [3.63, 3.8) is 0 Å². The second kappa shape index (κ2) is 6.24. The summed E-state index contributed by atoms with van der Waals surface area (Å²) in [4.78, 5) is 13.8. The summed E-state index contributed by atoms with van der Waals surface area (Å²) in [6.45, 7) is 5.10. The summed E-state index contributed by atoms with van der Waals surface area (Å²) >= 11 is 0. The molecule has 3 heteroatoms. The molecular formula is C13H26N2O. The van der Waals surface area contributed by atoms with E-state index < -0.39 is 0 Å². The molecule has 2 N–H and O–H groups in total. The maximum atomic E-state index is 12.0. The summed E-state index contributed by atoms with van der Waals surface area (Å²) in [5, 5.41) is 0. The zero-order chi connectivity index (χ0) is 12.1. The van der Waals surface area contributed by atoms with Crippen LogP contribution < -0.4 is 5.73 Å². The number of rotatable bonds is 5. The van der Waals surface area contributed by atoms with Crippen molar-refractivity contribution in [3.8, 4) is 0 Å². The smallest absolute Gasteiger partial charge is 0.239 e. The zero-order valence-electron chi connectivity index (χ0n) is 10.9. The predicted molar refractivity (Wildman–Crippen MR) is 67.0 cm³/mol. The summed E-state index contributed by atoms with van der Waals surface area (Å²) in [7, 11) is 1.89. The number of nitrogens with zero attached hydrogens (tertiary/aromatic N) is 1. The van der Waals surface area contributed by atoms with Crippen LogP contribution in [0.15, 0.2) is 0 Å². The molecule has 1 atom stereocenters. The fraction of sp³-hybridized carbons (Fsp3) is 0.923. The lowest BCUT2D eigenvalue weighted by atomic mass is 10.0. The molecule has 0 spiro atoms. The van der Waals surface area contributed by atoms with E-state index in [9.17, 15) is 4.79 Å². The van der Waals surface area contributed by atoms with E-state index in [2.05, 4.69) is 13.8 Å². The van der Waals surface area contributed by atoms with Crippen LogP contribution in [-0.2, 0) is 4.79 Å². The number of carbonyl (C=O) groups is 1. The Morgan fingerprint density at radius 3 is 2.44 bits per heavy atom. The molecule has 0 aliphatic heterocycles. The SMILES string of the molecule is CC(C)C[C@@H](N)C(=O)N(C)CC1CCCC1. The van der Waals surface area contributed by atoms with E-state index in [1.807, 2.05) is 11.9 Å². The molecule has 0 aromatic rings. The molecule has 1 fully saturated rings. The first-order valence-corrected chi connectivity index (χ1v) is 6.51. The van der Waals surface area contributed by atoms with Gasteiger partial charge in [-0.1, -0.05) is 26.7 Å². The lowest BCUT2D eigenvalue weighted by molar-refractivity contribution is -0.132. The minimum Gasteiger partial charge on any atom is -0.344 e. The molecule has 1 aliphatic rings. The van der Waals surface area contributed by atoms with Gasteiger partial charge in [-0.15, -0.1) is 0 Å². The standard InChI is InChI=1S/C13H26N2O/c1-10(2)8-12(14)13(16)15(3)9-11-6-4-5-7-11/h10-12H,4-9,14H2,1-3H3/t12-/m1/s1. The van der Waals surface area contributed by atoms with E-state index in [0.29, 0.717) is 11.8 Å². The van der Waals surface area contributed by atoms with Crippen molar-refractivity contribution in [3.05, 3.63) is 0 Å². The number of carbonyl (C=O) groups excluding carboxylic acids is 1. The molecule has 0 saturated heterocycles. The quantitative estimate of drug-likeness (QED) is 0.779. The van der Waals surface area contributed by atoms with E-state index in [0.717, 1.165) is 13.0 Å². The Morgan fingerprint density at radius 1 is 1.38 bits per heavy atom. The lowest BCUT2D eigenvalue weighted by Crippen LogP contribution is -2.44. The minimum atomic E-state index is -0.314. The number of likely N-dealkylation sites (N-methyl/N-ethyl adjacent to an activating group) is 1. The Labute approximate surface area is 99.4 Å². The van der Waals surface area contributed by atoms with Gasteiger partial charge in [-0.3, -0.25) is 4.79 Å². The van der Waals surface area contributed by atoms with Gasteiger partial charge >= 0.3 is 0 Å². The van der Waals surface area contributed by atoms with Gasteiger partial charge in [-0.05, 0) is 31.1 Å². The van der Waals surface area contributed by atoms with Crippen molar-refractivity contribution in [1.29, 1.82) is 0 Å². The second-order valence-corrected chi connectivity index (χ2v) is 5.61. The molecule has 16 heavy (non-hydrogen) atoms. The summed E-state index contributed by atoms with van der Waals surface area (Å²) < 4.78 is 0. The van der Waals surface area contributed by atoms with Gasteiger partial charge in [0.15, 0.2) is 0 Å². The first kappa shape index (κ1) is 13.5. The van der Waals surface area contributed by atoms with Crippen LogP contribution in [0.4, 0.5) is 0 Å². The summed E-state index contributed by atoms with van der Waals surface area (Å²) in [6.07, 6.45) is 5.98. The molecular weight excluding hydrogens is 200 g/mol. The molecule has 0 aromatic carbocycles. The molecule has 0 unspecified atom stereocenters. The summed E-state index contributed by atoms with van der Waals surface area (Å²) in [6, 6.07) is -0.314. The fourth-order valence-electron chi connectivity index (χ4n) is 2.56. The first-order valence-electron chi connectivity index (χ1n) is 6.51. The highest BCUT2D eigenvalue weighted by Gasteiger charge is 2.23. The van der Waals surface area contributed by atoms with Gasteiger partial charge in [0.05, 0.1) is 6.04 Å². The molecule has 1 aliphatic carbocycles. The minimum absolute atomic E-state index is 0.112. The Balaban J connectivity index is 2.33. The first-order chi connectivity index (χ1) is 7.50. The normalized spacial score (nSPS) is 19.1. The number of hydrogen-bond donors (Lipinski definition) is 1. The average molecular weight is 226 g/mol. The zero-order valence-corrected chi connectivity index (χ0v) is 10.9. The lowest BCUT2D eigenvalue weighted by Gasteiger charge is -2.24. The molecule has 0 bridgehead atoms. The van der Waals surface area contributed by atoms with Gasteiger partial charge in [-0.2, -0.15) is 0 Å². The molecule has 0 aromatic heterocycles. The Morgan fingerprint density at radius 2 is 1.94 bits per heavy atom. The number of nitrogens with two attached hydrogens (primary N) is 1. The monoisotopic (exact) mass is 226 g/mol. The second-order valence-electron chi connectivity index (χ2n) is 5.61. The fourth-order valence-corrected chi connectivity index (χ4v) is 2.56. The largest absolute Gasteiger partial charge is 0.344 e. The van der Waals surface area contributed by atoms with E-state index in [-0.39, 0.29) is 11.9 Å². The van der Waals surface area contributed by atoms with E-state index in [1.54, 1.807) is 0 Å². The third kappa shape index (κ3) is 4.12. The Hall–Kier alpha value is -0.570. The predicted octanol–water partition coefficient (Wildman–Crippen LogP) is 2.01. The topological polar surface area (TPSA) is 46.3 Å². The van der Waals surface area contributed by atoms with Crippen LogP contribution >= 0.6 is 0 Å². The van der Waals surface area contributed by atoms with Gasteiger partial charge < -0.3 is 10.6 Å². The van der Waals surface area contributed by atoms with Gasteiger partial charge in [0, 0.05) is 13.6 Å². The maximum absolute atomic E-state index is 12.0. The van der Waals surface area contributed by atoms with Crippen molar-refractivity contribution in [2.24, 2.45) is 17.6 Å². The van der Waals surface area contributed by atoms with Crippen LogP contribution in [0.25, 0.3) is 0 Å². The Kier molecular flexibility index (Phi) is 5.26. The maximum Gasteiger partial charge on any atom is 0.239 e. The highest BCUT2D eigenvalue weighted by Crippen LogP contribution is 2.25. The van der Waals surface area contributed by atoms with Crippen LogP contribution in [0.2, 0.25) is 0 Å². The van der Waals surface area contributed by atoms with Crippen LogP contribution in [-0.4, -0.2) is 30.4 Å². The molecule has 1 amide bonds. The molecule has 94 valence electrons. The van der Waals surface area contributed by atoms with Gasteiger partial charge in [0.2, 0.25) is 5.91 Å². The van der Waals surface area contributed by atoms with Gasteiger partial charge in [0.25, 0.3) is 0 Å². The van der Waals surface area contributed by atoms with Crippen molar-refractivity contribution in [2.75, 3.05) is 13.6 Å². The van der Waals surface area contributed by atoms with Crippen molar-refractivity contribution in [2.45, 2.75) is 52.0 Å². The van der Waals surface area contributed by atoms with E-state index in [4.69, 9.17) is 5.73 Å². The van der Waals surface area contributed by atoms with Crippen molar-refractivity contribution >= 4 is 5.91 Å². The van der Waals surface area contributed by atoms with E-state index in [1.165, 1.54) is 25.7 Å². The highest BCUT2D eigenvalue weighted by molar-refractivity contribution is 5.81. The molecule has 1 saturated carbocycles. The third-order valence-corrected chi connectivity index (χ3v) is 3.43. The van der Waals surface area contributed by atoms with Crippen molar-refractivity contribution < 1.29 is 4.79 Å². The number of amides is 1. The molecule has 0 heterocycles. The van der Waals surface area contributed by atoms with Crippen LogP contribution in [0.5, 0.6) is 0 Å². The summed E-state index contributed by atoms with van der Waals surface area (Å²) in [5.74, 6) is 1.31. The summed E-state index contributed by atoms with van der Waals surface area (Å²) in [5.41, 5.74) is 5.90. The van der Waals surface area contributed by atoms with Crippen LogP contribution in [0.3, 0.4) is 0 Å². The molecule has 3 nitrogen and oxygen atoms in total. The van der Waals surface area contributed by atoms with Crippen LogP contribution in [0, 0.1) is 11.8 Å². The van der Waals surface area contributed by atoms with Crippen molar-refractivity contribution in [1.82, 2.24) is 4.90 Å². The van der Waals surface area contributed by atoms with Gasteiger partial charge in [-0.25, -0.2) is 0 Å².